The second kappa shape index (κ2) is 5.33. The molecule has 2 heteroatoms. The maximum atomic E-state index is 3.73. The van der Waals surface area contributed by atoms with Crippen LogP contribution in [0.15, 0.2) is 22.7 Å². The molecule has 1 nitrogen and oxygen atoms in total. The van der Waals surface area contributed by atoms with Crippen LogP contribution in [0.3, 0.4) is 0 Å². The lowest BCUT2D eigenvalue weighted by Gasteiger charge is -2.35. The van der Waals surface area contributed by atoms with Crippen LogP contribution in [0.25, 0.3) is 0 Å². The average Bonchev–Trinajstić information content (AvgIpc) is 2.19. The van der Waals surface area contributed by atoms with E-state index in [1.165, 1.54) is 34.9 Å². The Morgan fingerprint density at radius 1 is 1.44 bits per heavy atom. The highest BCUT2D eigenvalue weighted by Crippen LogP contribution is 2.40. The van der Waals surface area contributed by atoms with Crippen molar-refractivity contribution in [3.05, 3.63) is 33.8 Å². The Labute approximate surface area is 107 Å². The third-order valence-electron chi connectivity index (χ3n) is 3.60. The first kappa shape index (κ1) is 12.1. The lowest BCUT2D eigenvalue weighted by Crippen LogP contribution is -2.32. The highest BCUT2D eigenvalue weighted by atomic mass is 79.9. The van der Waals surface area contributed by atoms with Gasteiger partial charge in [0.2, 0.25) is 0 Å². The zero-order chi connectivity index (χ0) is 11.5. The fourth-order valence-electron chi connectivity index (χ4n) is 2.43. The second-order valence-corrected chi connectivity index (χ2v) is 5.50. The summed E-state index contributed by atoms with van der Waals surface area (Å²) in [5.74, 6) is 0.832. The van der Waals surface area contributed by atoms with Crippen LogP contribution in [0.5, 0.6) is 0 Å². The fraction of sp³-hybridized carbons (Fsp3) is 0.571. The van der Waals surface area contributed by atoms with Crippen molar-refractivity contribution in [2.45, 2.75) is 39.2 Å². The summed E-state index contributed by atoms with van der Waals surface area (Å²) in [4.78, 5) is 0. The van der Waals surface area contributed by atoms with Crippen molar-refractivity contribution in [2.24, 2.45) is 5.92 Å². The molecule has 2 rings (SSSR count). The Kier molecular flexibility index (Phi) is 4.04. The molecule has 0 spiro atoms. The van der Waals surface area contributed by atoms with E-state index in [4.69, 9.17) is 0 Å². The number of halogens is 1. The zero-order valence-corrected chi connectivity index (χ0v) is 11.7. The molecule has 1 aromatic rings. The quantitative estimate of drug-likeness (QED) is 0.872. The minimum atomic E-state index is 0.535. The van der Waals surface area contributed by atoms with Gasteiger partial charge in [-0.15, -0.1) is 0 Å². The number of benzene rings is 1. The molecular weight excluding hydrogens is 262 g/mol. The van der Waals surface area contributed by atoms with E-state index in [1.54, 1.807) is 0 Å². The number of aryl methyl sites for hydroxylation is 1. The van der Waals surface area contributed by atoms with Crippen LogP contribution in [0.2, 0.25) is 0 Å². The molecule has 1 aromatic carbocycles. The third kappa shape index (κ3) is 2.33. The molecule has 0 saturated heterocycles. The summed E-state index contributed by atoms with van der Waals surface area (Å²) >= 11 is 3.73. The minimum absolute atomic E-state index is 0.535. The first-order chi connectivity index (χ1) is 7.74. The van der Waals surface area contributed by atoms with Gasteiger partial charge in [-0.05, 0) is 43.4 Å². The summed E-state index contributed by atoms with van der Waals surface area (Å²) in [6, 6.07) is 7.12. The Morgan fingerprint density at radius 3 is 2.75 bits per heavy atom. The Bertz CT molecular complexity index is 358. The number of nitrogens with one attached hydrogen (secondary N) is 1. The van der Waals surface area contributed by atoms with Gasteiger partial charge in [0, 0.05) is 10.5 Å². The molecule has 1 unspecified atom stereocenters. The maximum Gasteiger partial charge on any atom is 0.0359 e. The topological polar surface area (TPSA) is 12.0 Å². The standard InChI is InChI=1S/C14H20BrN/c1-3-16-14(11-7-5-8-11)12-9-4-6-10(2)13(12)15/h4,6,9,11,14,16H,3,5,7-8H2,1-2H3. The van der Waals surface area contributed by atoms with Gasteiger partial charge in [0.05, 0.1) is 0 Å². The summed E-state index contributed by atoms with van der Waals surface area (Å²) in [5, 5.41) is 3.64. The Hall–Kier alpha value is -0.340. The van der Waals surface area contributed by atoms with Gasteiger partial charge in [0.15, 0.2) is 0 Å². The van der Waals surface area contributed by atoms with Gasteiger partial charge in [0.1, 0.15) is 0 Å². The van der Waals surface area contributed by atoms with Gasteiger partial charge in [0.25, 0.3) is 0 Å². The van der Waals surface area contributed by atoms with E-state index in [9.17, 15) is 0 Å². The SMILES string of the molecule is CCNC(c1cccc(C)c1Br)C1CCC1. The highest BCUT2D eigenvalue weighted by molar-refractivity contribution is 9.10. The zero-order valence-electron chi connectivity index (χ0n) is 10.1. The molecule has 1 N–H and O–H groups in total. The maximum absolute atomic E-state index is 3.73. The Balaban J connectivity index is 2.26. The van der Waals surface area contributed by atoms with Gasteiger partial charge >= 0.3 is 0 Å². The molecule has 0 radical (unpaired) electrons. The molecule has 1 atom stereocenters. The largest absolute Gasteiger partial charge is 0.310 e. The summed E-state index contributed by atoms with van der Waals surface area (Å²) in [6.07, 6.45) is 4.14. The number of hydrogen-bond donors (Lipinski definition) is 1. The van der Waals surface area contributed by atoms with Crippen molar-refractivity contribution >= 4 is 15.9 Å². The molecule has 16 heavy (non-hydrogen) atoms. The van der Waals surface area contributed by atoms with Crippen molar-refractivity contribution < 1.29 is 0 Å². The Morgan fingerprint density at radius 2 is 2.19 bits per heavy atom. The van der Waals surface area contributed by atoms with Crippen LogP contribution in [0.4, 0.5) is 0 Å². The third-order valence-corrected chi connectivity index (χ3v) is 4.69. The van der Waals surface area contributed by atoms with Crippen LogP contribution >= 0.6 is 15.9 Å². The van der Waals surface area contributed by atoms with E-state index in [1.807, 2.05) is 0 Å². The van der Waals surface area contributed by atoms with Crippen LogP contribution in [0, 0.1) is 12.8 Å². The molecule has 88 valence electrons. The van der Waals surface area contributed by atoms with Gasteiger partial charge in [-0.1, -0.05) is 47.5 Å². The molecule has 1 saturated carbocycles. The highest BCUT2D eigenvalue weighted by Gasteiger charge is 2.29. The monoisotopic (exact) mass is 281 g/mol. The summed E-state index contributed by atoms with van der Waals surface area (Å²) < 4.78 is 1.29. The van der Waals surface area contributed by atoms with E-state index in [0.29, 0.717) is 6.04 Å². The summed E-state index contributed by atoms with van der Waals surface area (Å²) in [7, 11) is 0. The first-order valence-corrected chi connectivity index (χ1v) is 7.01. The van der Waals surface area contributed by atoms with E-state index < -0.39 is 0 Å². The molecule has 0 aliphatic heterocycles. The van der Waals surface area contributed by atoms with Crippen LogP contribution in [0.1, 0.15) is 43.4 Å². The number of hydrogen-bond acceptors (Lipinski definition) is 1. The molecule has 1 aliphatic rings. The molecule has 0 bridgehead atoms. The average molecular weight is 282 g/mol. The van der Waals surface area contributed by atoms with Crippen molar-refractivity contribution in [1.82, 2.24) is 5.32 Å². The molecule has 1 aliphatic carbocycles. The van der Waals surface area contributed by atoms with E-state index in [2.05, 4.69) is 53.3 Å². The van der Waals surface area contributed by atoms with Gasteiger partial charge in [-0.3, -0.25) is 0 Å². The lowest BCUT2D eigenvalue weighted by molar-refractivity contribution is 0.232. The smallest absolute Gasteiger partial charge is 0.0359 e. The van der Waals surface area contributed by atoms with Crippen molar-refractivity contribution in [2.75, 3.05) is 6.54 Å². The van der Waals surface area contributed by atoms with Crippen LogP contribution < -0.4 is 5.32 Å². The molecule has 1 fully saturated rings. The molecular formula is C14H20BrN. The van der Waals surface area contributed by atoms with Gasteiger partial charge < -0.3 is 5.32 Å². The number of rotatable bonds is 4. The van der Waals surface area contributed by atoms with Gasteiger partial charge in [-0.2, -0.15) is 0 Å². The minimum Gasteiger partial charge on any atom is -0.310 e. The summed E-state index contributed by atoms with van der Waals surface area (Å²) in [5.41, 5.74) is 2.77. The fourth-order valence-corrected chi connectivity index (χ4v) is 2.94. The normalized spacial score (nSPS) is 18.2. The lowest BCUT2D eigenvalue weighted by atomic mass is 9.77. The van der Waals surface area contributed by atoms with Crippen molar-refractivity contribution in [1.29, 1.82) is 0 Å². The first-order valence-electron chi connectivity index (χ1n) is 6.22. The van der Waals surface area contributed by atoms with Gasteiger partial charge in [-0.25, -0.2) is 0 Å². The van der Waals surface area contributed by atoms with E-state index in [-0.39, 0.29) is 0 Å². The predicted octanol–water partition coefficient (Wildman–Crippen LogP) is 4.21. The second-order valence-electron chi connectivity index (χ2n) is 4.70. The molecule has 0 amide bonds. The van der Waals surface area contributed by atoms with Crippen molar-refractivity contribution in [3.63, 3.8) is 0 Å². The summed E-state index contributed by atoms with van der Waals surface area (Å²) in [6.45, 7) is 5.40. The van der Waals surface area contributed by atoms with E-state index in [0.717, 1.165) is 12.5 Å². The molecule has 0 heterocycles. The molecule has 0 aromatic heterocycles. The predicted molar refractivity (Wildman–Crippen MR) is 72.6 cm³/mol. The van der Waals surface area contributed by atoms with E-state index >= 15 is 0 Å². The van der Waals surface area contributed by atoms with Crippen molar-refractivity contribution in [3.8, 4) is 0 Å². The van der Waals surface area contributed by atoms with Crippen LogP contribution in [-0.4, -0.2) is 6.54 Å². The van der Waals surface area contributed by atoms with Crippen LogP contribution in [-0.2, 0) is 0 Å².